The first-order chi connectivity index (χ1) is 25.3. The normalized spacial score (nSPS) is 11.9. The first-order valence-electron chi connectivity index (χ1n) is 17.2. The summed E-state index contributed by atoms with van der Waals surface area (Å²) in [6.07, 6.45) is 0. The Morgan fingerprint density at radius 1 is 0.333 bits per heavy atom. The fraction of sp³-hybridized carbons (Fsp3) is 0. The van der Waals surface area contributed by atoms with Crippen molar-refractivity contribution >= 4 is 87.7 Å². The third-order valence-corrected chi connectivity index (χ3v) is 11.9. The van der Waals surface area contributed by atoms with Crippen molar-refractivity contribution in [1.82, 2.24) is 0 Å². The highest BCUT2D eigenvalue weighted by Crippen LogP contribution is 2.48. The van der Waals surface area contributed by atoms with Crippen molar-refractivity contribution in [3.63, 3.8) is 0 Å². The van der Waals surface area contributed by atoms with E-state index in [4.69, 9.17) is 4.42 Å². The van der Waals surface area contributed by atoms with E-state index in [9.17, 15) is 0 Å². The number of thiophene rings is 2. The summed E-state index contributed by atoms with van der Waals surface area (Å²) in [7, 11) is 0. The van der Waals surface area contributed by atoms with Crippen LogP contribution in [0.5, 0.6) is 0 Å². The highest BCUT2D eigenvalue weighted by atomic mass is 32.1. The van der Waals surface area contributed by atoms with Gasteiger partial charge in [-0.15, -0.1) is 0 Å². The molecule has 0 bridgehead atoms. The van der Waals surface area contributed by atoms with E-state index in [1.807, 2.05) is 0 Å². The van der Waals surface area contributed by atoms with Crippen LogP contribution < -0.4 is 0 Å². The summed E-state index contributed by atoms with van der Waals surface area (Å²) < 4.78 is 7.01. The van der Waals surface area contributed by atoms with Gasteiger partial charge in [0.2, 0.25) is 0 Å². The molecule has 11 rings (SSSR count). The smallest absolute Gasteiger partial charge is 0.143 e. The molecule has 0 amide bonds. The molecule has 0 fully saturated rings. The number of hydrogen-bond donors (Lipinski definition) is 0. The van der Waals surface area contributed by atoms with Crippen molar-refractivity contribution in [2.45, 2.75) is 0 Å². The van der Waals surface area contributed by atoms with Gasteiger partial charge < -0.3 is 4.42 Å². The monoisotopic (exact) mass is 684 g/mol. The largest absolute Gasteiger partial charge is 0.455 e. The molecule has 3 heterocycles. The Hall–Kier alpha value is -6.00. The minimum Gasteiger partial charge on any atom is -0.455 e. The number of furan rings is 1. The summed E-state index contributed by atoms with van der Waals surface area (Å²) in [5.74, 6) is 0. The van der Waals surface area contributed by atoms with Crippen LogP contribution in [0, 0.1) is 0 Å². The maximum Gasteiger partial charge on any atom is 0.143 e. The second-order valence-corrected chi connectivity index (χ2v) is 14.8. The summed E-state index contributed by atoms with van der Waals surface area (Å²) in [6.45, 7) is 0. The van der Waals surface area contributed by atoms with Crippen molar-refractivity contribution in [2.24, 2.45) is 0 Å². The van der Waals surface area contributed by atoms with Gasteiger partial charge in [0, 0.05) is 21.9 Å². The molecule has 0 aliphatic heterocycles. The molecule has 0 N–H and O–H groups in total. The molecular weight excluding hydrogens is 657 g/mol. The number of fused-ring (bicyclic) bond motifs is 7. The van der Waals surface area contributed by atoms with Gasteiger partial charge in [-0.1, -0.05) is 121 Å². The molecule has 0 spiro atoms. The lowest BCUT2D eigenvalue weighted by molar-refractivity contribution is 0.670. The van der Waals surface area contributed by atoms with Gasteiger partial charge in [-0.3, -0.25) is 0 Å². The topological polar surface area (TPSA) is 13.1 Å². The molecule has 3 aromatic heterocycles. The molecule has 0 saturated heterocycles. The molecule has 0 aliphatic rings. The summed E-state index contributed by atoms with van der Waals surface area (Å²) in [6, 6.07) is 53.2. The fourth-order valence-corrected chi connectivity index (χ4v) is 9.74. The molecule has 3 heteroatoms. The van der Waals surface area contributed by atoms with Crippen molar-refractivity contribution < 1.29 is 4.42 Å². The van der Waals surface area contributed by atoms with E-state index in [1.54, 1.807) is 22.7 Å². The van der Waals surface area contributed by atoms with Crippen LogP contribution in [0.15, 0.2) is 172 Å². The Morgan fingerprint density at radius 2 is 0.765 bits per heavy atom. The van der Waals surface area contributed by atoms with Crippen LogP contribution in [0.4, 0.5) is 0 Å². The van der Waals surface area contributed by atoms with Crippen molar-refractivity contribution in [3.8, 4) is 44.5 Å². The van der Waals surface area contributed by atoms with E-state index >= 15 is 0 Å². The molecule has 51 heavy (non-hydrogen) atoms. The number of benzene rings is 8. The molecule has 11 aromatic rings. The maximum atomic E-state index is 7.01. The van der Waals surface area contributed by atoms with E-state index in [0.717, 1.165) is 33.1 Å². The van der Waals surface area contributed by atoms with Gasteiger partial charge in [0.05, 0.1) is 0 Å². The van der Waals surface area contributed by atoms with Crippen LogP contribution in [0.3, 0.4) is 0 Å². The third-order valence-electron chi connectivity index (χ3n) is 10.5. The Kier molecular flexibility index (Phi) is 6.36. The maximum absolute atomic E-state index is 7.01. The lowest BCUT2D eigenvalue weighted by atomic mass is 9.86. The van der Waals surface area contributed by atoms with E-state index in [1.165, 1.54) is 76.5 Å². The molecule has 1 nitrogen and oxygen atoms in total. The quantitative estimate of drug-likeness (QED) is 0.168. The first kappa shape index (κ1) is 28.8. The number of hydrogen-bond acceptors (Lipinski definition) is 3. The minimum absolute atomic E-state index is 0.897. The van der Waals surface area contributed by atoms with E-state index in [2.05, 4.69) is 167 Å². The summed E-state index contributed by atoms with van der Waals surface area (Å²) in [5.41, 5.74) is 11.7. The van der Waals surface area contributed by atoms with Gasteiger partial charge in [-0.25, -0.2) is 0 Å². The molecule has 238 valence electrons. The molecule has 8 aromatic carbocycles. The predicted molar refractivity (Wildman–Crippen MR) is 221 cm³/mol. The Morgan fingerprint density at radius 3 is 1.22 bits per heavy atom. The van der Waals surface area contributed by atoms with Crippen molar-refractivity contribution in [2.75, 3.05) is 0 Å². The highest BCUT2D eigenvalue weighted by Gasteiger charge is 2.22. The summed E-state index contributed by atoms with van der Waals surface area (Å²) in [4.78, 5) is 0. The van der Waals surface area contributed by atoms with Gasteiger partial charge in [0.25, 0.3) is 0 Å². The van der Waals surface area contributed by atoms with Crippen LogP contribution in [0.2, 0.25) is 0 Å². The average Bonchev–Trinajstić information content (AvgIpc) is 3.98. The lowest BCUT2D eigenvalue weighted by Crippen LogP contribution is -1.90. The van der Waals surface area contributed by atoms with Crippen LogP contribution in [-0.4, -0.2) is 0 Å². The second-order valence-electron chi connectivity index (χ2n) is 13.2. The van der Waals surface area contributed by atoms with Gasteiger partial charge in [-0.2, -0.15) is 22.7 Å². The third kappa shape index (κ3) is 4.26. The van der Waals surface area contributed by atoms with Crippen molar-refractivity contribution in [1.29, 1.82) is 0 Å². The van der Waals surface area contributed by atoms with Gasteiger partial charge in [0.15, 0.2) is 0 Å². The molecule has 0 radical (unpaired) electrons. The zero-order valence-electron chi connectivity index (χ0n) is 27.4. The van der Waals surface area contributed by atoms with Crippen LogP contribution in [0.25, 0.3) is 110 Å². The first-order valence-corrected chi connectivity index (χ1v) is 19.1. The Balaban J connectivity index is 1.18. The molecular formula is C48H28OS2. The average molecular weight is 685 g/mol. The SMILES string of the molecule is c1ccc2c(-c3ccc4c(c3)oc3c(-c5c6ccccc6c(-c6ccsc6)c6ccccc56)cccc34)c3ccccc3c(-c3ccsc3)c2c1. The fourth-order valence-electron chi connectivity index (χ4n) is 8.44. The van der Waals surface area contributed by atoms with E-state index in [0.29, 0.717) is 0 Å². The van der Waals surface area contributed by atoms with Gasteiger partial charge >= 0.3 is 0 Å². The molecule has 0 aliphatic carbocycles. The Labute approximate surface area is 302 Å². The zero-order chi connectivity index (χ0) is 33.5. The minimum atomic E-state index is 0.897. The number of para-hydroxylation sites is 1. The number of rotatable bonds is 4. The highest BCUT2D eigenvalue weighted by molar-refractivity contribution is 7.08. The van der Waals surface area contributed by atoms with Crippen LogP contribution >= 0.6 is 22.7 Å². The van der Waals surface area contributed by atoms with Gasteiger partial charge in [0.1, 0.15) is 11.2 Å². The van der Waals surface area contributed by atoms with Crippen LogP contribution in [-0.2, 0) is 0 Å². The summed E-state index contributed by atoms with van der Waals surface area (Å²) >= 11 is 3.49. The zero-order valence-corrected chi connectivity index (χ0v) is 29.0. The van der Waals surface area contributed by atoms with E-state index < -0.39 is 0 Å². The van der Waals surface area contributed by atoms with Gasteiger partial charge in [-0.05, 0) is 122 Å². The predicted octanol–water partition coefficient (Wildman–Crippen LogP) is 15.0. The van der Waals surface area contributed by atoms with Crippen molar-refractivity contribution in [3.05, 3.63) is 167 Å². The Bertz CT molecular complexity index is 3010. The molecule has 0 unspecified atom stereocenters. The molecule has 0 saturated carbocycles. The standard InChI is InChI=1S/C48H28OS2/c1-3-12-35-33(10-1)44(34-11-2-4-13-36(34)45(35)30-22-24-50-27-30)29-20-21-32-41-18-9-19-42(48(41)49-43(32)26-29)47-39-16-7-5-14-37(39)46(31-23-25-51-28-31)38-15-6-8-17-40(38)47/h1-28H. The molecule has 0 atom stereocenters. The lowest BCUT2D eigenvalue weighted by Gasteiger charge is -2.17. The second kappa shape index (κ2) is 11.3. The van der Waals surface area contributed by atoms with Crippen LogP contribution in [0.1, 0.15) is 0 Å². The van der Waals surface area contributed by atoms with E-state index in [-0.39, 0.29) is 0 Å². The summed E-state index contributed by atoms with van der Waals surface area (Å²) in [5, 5.41) is 21.1.